The fourth-order valence-corrected chi connectivity index (χ4v) is 1.89. The van der Waals surface area contributed by atoms with E-state index in [2.05, 4.69) is 15.5 Å². The Labute approximate surface area is 127 Å². The minimum Gasteiger partial charge on any atom is -0.395 e. The van der Waals surface area contributed by atoms with Gasteiger partial charge < -0.3 is 22.6 Å². The number of nitrogens with zero attached hydrogens (tertiary/aromatic N) is 3. The summed E-state index contributed by atoms with van der Waals surface area (Å²) in [5.41, 5.74) is 21.6. The number of rotatable bonds is 5. The molecule has 2 rings (SSSR count). The lowest BCUT2D eigenvalue weighted by molar-refractivity contribution is 0.291. The minimum atomic E-state index is 0.195. The van der Waals surface area contributed by atoms with Gasteiger partial charge in [0.05, 0.1) is 12.2 Å². The minimum absolute atomic E-state index is 0.195. The number of hydrogen-bond acceptors (Lipinski definition) is 8. The van der Waals surface area contributed by atoms with Gasteiger partial charge in [0.2, 0.25) is 0 Å². The molecule has 1 aromatic carbocycles. The number of hydrazine groups is 2. The maximum Gasteiger partial charge on any atom is 0.165 e. The molecule has 0 saturated carbocycles. The number of nitrogens with one attached hydrogen (secondary N) is 1. The Bertz CT molecular complexity index is 669. The lowest BCUT2D eigenvalue weighted by Crippen LogP contribution is -2.29. The highest BCUT2D eigenvalue weighted by Gasteiger charge is 2.10. The summed E-state index contributed by atoms with van der Waals surface area (Å²) >= 11 is 0. The monoisotopic (exact) mass is 301 g/mol. The first-order chi connectivity index (χ1) is 10.5. The number of amidine groups is 1. The predicted molar refractivity (Wildman–Crippen MR) is 87.8 cm³/mol. The Hall–Kier alpha value is -3.04. The van der Waals surface area contributed by atoms with E-state index in [-0.39, 0.29) is 18.2 Å². The highest BCUT2D eigenvalue weighted by molar-refractivity contribution is 5.97. The van der Waals surface area contributed by atoms with Crippen LogP contribution in [0.25, 0.3) is 0 Å². The van der Waals surface area contributed by atoms with E-state index >= 15 is 0 Å². The molecule has 2 aromatic rings. The Kier molecular flexibility index (Phi) is 4.61. The van der Waals surface area contributed by atoms with Gasteiger partial charge in [-0.2, -0.15) is 0 Å². The summed E-state index contributed by atoms with van der Waals surface area (Å²) in [6.45, 7) is 0.195. The van der Waals surface area contributed by atoms with Crippen molar-refractivity contribution in [1.82, 2.24) is 10.1 Å². The van der Waals surface area contributed by atoms with Crippen molar-refractivity contribution < 1.29 is 0 Å². The molecule has 0 unspecified atom stereocenters. The summed E-state index contributed by atoms with van der Waals surface area (Å²) in [7, 11) is 0. The van der Waals surface area contributed by atoms with E-state index < -0.39 is 0 Å². The Morgan fingerprint density at radius 3 is 2.55 bits per heavy atom. The molecule has 116 valence electrons. The van der Waals surface area contributed by atoms with Gasteiger partial charge in [-0.15, -0.1) is 5.10 Å². The molecule has 0 spiro atoms. The van der Waals surface area contributed by atoms with E-state index in [9.17, 15) is 0 Å². The molecule has 0 atom stereocenters. The number of pyridine rings is 1. The van der Waals surface area contributed by atoms with E-state index in [1.165, 1.54) is 5.12 Å². The summed E-state index contributed by atoms with van der Waals surface area (Å²) < 4.78 is 0. The maximum atomic E-state index is 5.93. The van der Waals surface area contributed by atoms with Crippen LogP contribution in [0.2, 0.25) is 0 Å². The Morgan fingerprint density at radius 1 is 1.23 bits per heavy atom. The number of hydrazone groups is 1. The zero-order chi connectivity index (χ0) is 16.1. The topological polar surface area (TPSA) is 171 Å². The lowest BCUT2D eigenvalue weighted by atomic mass is 10.2. The summed E-state index contributed by atoms with van der Waals surface area (Å²) in [5.74, 6) is 12.0. The standard InChI is InChI=1S/C13H19N9/c14-10-6-9(11(15)13(19-10)20-17)7-22(18)21-12(16)8-4-2-1-3-5-8/h1-6H,7,15,17-18H2,(H2,16,21)(H3,14,19,20). The molecule has 0 fully saturated rings. The molecule has 1 heterocycles. The quantitative estimate of drug-likeness (QED) is 0.186. The zero-order valence-electron chi connectivity index (χ0n) is 11.9. The third-order valence-electron chi connectivity index (χ3n) is 2.94. The fraction of sp³-hybridized carbons (Fsp3) is 0.0769. The molecular weight excluding hydrogens is 282 g/mol. The van der Waals surface area contributed by atoms with Crippen molar-refractivity contribution in [2.24, 2.45) is 22.5 Å². The molecular formula is C13H19N9. The van der Waals surface area contributed by atoms with Crippen molar-refractivity contribution in [3.8, 4) is 0 Å². The molecule has 1 aromatic heterocycles. The van der Waals surface area contributed by atoms with Crippen LogP contribution in [0.5, 0.6) is 0 Å². The lowest BCUT2D eigenvalue weighted by Gasteiger charge is -2.16. The van der Waals surface area contributed by atoms with Gasteiger partial charge in [0.25, 0.3) is 0 Å². The summed E-state index contributed by atoms with van der Waals surface area (Å²) in [5, 5.41) is 5.28. The van der Waals surface area contributed by atoms with Crippen molar-refractivity contribution >= 4 is 23.2 Å². The van der Waals surface area contributed by atoms with Crippen LogP contribution in [-0.4, -0.2) is 15.9 Å². The summed E-state index contributed by atoms with van der Waals surface area (Å²) in [6.07, 6.45) is 0. The third-order valence-corrected chi connectivity index (χ3v) is 2.94. The first-order valence-electron chi connectivity index (χ1n) is 6.44. The number of anilines is 3. The largest absolute Gasteiger partial charge is 0.395 e. The summed E-state index contributed by atoms with van der Waals surface area (Å²) in [4.78, 5) is 3.96. The van der Waals surface area contributed by atoms with Gasteiger partial charge in [-0.1, -0.05) is 30.3 Å². The predicted octanol–water partition coefficient (Wildman–Crippen LogP) is -0.472. The van der Waals surface area contributed by atoms with E-state index in [0.717, 1.165) is 5.56 Å². The number of aromatic nitrogens is 1. The number of nitrogens with two attached hydrogens (primary N) is 5. The van der Waals surface area contributed by atoms with Crippen LogP contribution in [0.4, 0.5) is 17.3 Å². The van der Waals surface area contributed by atoms with Crippen LogP contribution in [0.15, 0.2) is 41.5 Å². The van der Waals surface area contributed by atoms with Gasteiger partial charge in [-0.3, -0.25) is 0 Å². The van der Waals surface area contributed by atoms with Crippen LogP contribution in [-0.2, 0) is 6.54 Å². The average Bonchev–Trinajstić information content (AvgIpc) is 2.51. The van der Waals surface area contributed by atoms with E-state index in [4.69, 9.17) is 28.9 Å². The van der Waals surface area contributed by atoms with E-state index in [1.807, 2.05) is 30.3 Å². The van der Waals surface area contributed by atoms with Crippen molar-refractivity contribution in [3.63, 3.8) is 0 Å². The van der Waals surface area contributed by atoms with Crippen molar-refractivity contribution in [1.29, 1.82) is 0 Å². The Morgan fingerprint density at radius 2 is 1.91 bits per heavy atom. The molecule has 9 nitrogen and oxygen atoms in total. The normalized spacial score (nSPS) is 11.3. The van der Waals surface area contributed by atoms with Gasteiger partial charge in [0.15, 0.2) is 11.7 Å². The maximum absolute atomic E-state index is 5.93. The smallest absolute Gasteiger partial charge is 0.165 e. The van der Waals surface area contributed by atoms with Crippen molar-refractivity contribution in [2.75, 3.05) is 16.9 Å². The zero-order valence-corrected chi connectivity index (χ0v) is 11.9. The van der Waals surface area contributed by atoms with Gasteiger partial charge in [0.1, 0.15) is 5.82 Å². The molecule has 9 heteroatoms. The molecule has 0 aliphatic heterocycles. The Balaban J connectivity index is 2.19. The van der Waals surface area contributed by atoms with Crippen LogP contribution >= 0.6 is 0 Å². The second-order valence-corrected chi connectivity index (χ2v) is 4.56. The van der Waals surface area contributed by atoms with Gasteiger partial charge >= 0.3 is 0 Å². The molecule has 0 amide bonds. The van der Waals surface area contributed by atoms with Gasteiger partial charge in [0, 0.05) is 11.1 Å². The first kappa shape index (κ1) is 15.4. The van der Waals surface area contributed by atoms with Crippen molar-refractivity contribution in [2.45, 2.75) is 6.54 Å². The fourth-order valence-electron chi connectivity index (χ4n) is 1.89. The second-order valence-electron chi connectivity index (χ2n) is 4.56. The highest BCUT2D eigenvalue weighted by atomic mass is 15.6. The molecule has 22 heavy (non-hydrogen) atoms. The van der Waals surface area contributed by atoms with Crippen LogP contribution in [0.3, 0.4) is 0 Å². The SMILES string of the molecule is NNc1nc(N)cc(CN(N)/N=C(\N)c2ccccc2)c1N. The summed E-state index contributed by atoms with van der Waals surface area (Å²) in [6, 6.07) is 10.9. The third kappa shape index (κ3) is 3.53. The van der Waals surface area contributed by atoms with Crippen LogP contribution < -0.4 is 34.3 Å². The molecule has 0 bridgehead atoms. The van der Waals surface area contributed by atoms with Crippen LogP contribution in [0.1, 0.15) is 11.1 Å². The second kappa shape index (κ2) is 6.61. The first-order valence-corrected chi connectivity index (χ1v) is 6.44. The van der Waals surface area contributed by atoms with Gasteiger partial charge in [-0.25, -0.2) is 21.8 Å². The number of nitrogen functional groups attached to an aromatic ring is 3. The van der Waals surface area contributed by atoms with E-state index in [0.29, 0.717) is 17.1 Å². The van der Waals surface area contributed by atoms with Crippen LogP contribution in [0, 0.1) is 0 Å². The highest BCUT2D eigenvalue weighted by Crippen LogP contribution is 2.23. The molecule has 0 saturated heterocycles. The molecule has 0 aliphatic rings. The molecule has 11 N–H and O–H groups in total. The average molecular weight is 301 g/mol. The van der Waals surface area contributed by atoms with Crippen molar-refractivity contribution in [3.05, 3.63) is 47.5 Å². The van der Waals surface area contributed by atoms with E-state index in [1.54, 1.807) is 6.07 Å². The number of hydrogen-bond donors (Lipinski definition) is 6. The number of benzene rings is 1. The van der Waals surface area contributed by atoms with Gasteiger partial charge in [-0.05, 0) is 6.07 Å². The molecule has 0 radical (unpaired) electrons. The molecule has 0 aliphatic carbocycles.